The van der Waals surface area contributed by atoms with E-state index in [9.17, 15) is 19.8 Å². The van der Waals surface area contributed by atoms with Crippen molar-refractivity contribution >= 4 is 23.7 Å². The minimum absolute atomic E-state index is 0.00968. The van der Waals surface area contributed by atoms with Gasteiger partial charge in [0.15, 0.2) is 23.1 Å². The number of para-hydroxylation sites is 1. The van der Waals surface area contributed by atoms with Crippen LogP contribution in [0.15, 0.2) is 54.6 Å². The predicted octanol–water partition coefficient (Wildman–Crippen LogP) is 3.36. The van der Waals surface area contributed by atoms with Crippen LogP contribution in [-0.4, -0.2) is 28.9 Å². The van der Waals surface area contributed by atoms with Crippen molar-refractivity contribution < 1.29 is 24.5 Å². The second kappa shape index (κ2) is 8.49. The highest BCUT2D eigenvalue weighted by atomic mass is 16.5. The van der Waals surface area contributed by atoms with E-state index in [2.05, 4.69) is 0 Å². The fraction of sp³-hybridized carbons (Fsp3) is 0.100. The van der Waals surface area contributed by atoms with E-state index in [1.165, 1.54) is 37.5 Å². The number of phenolic OH excluding ortho intramolecular Hbond substituents is 2. The molecule has 0 atom stereocenters. The van der Waals surface area contributed by atoms with Crippen molar-refractivity contribution in [3.63, 3.8) is 0 Å². The molecule has 0 saturated carbocycles. The van der Waals surface area contributed by atoms with Gasteiger partial charge in [-0.15, -0.1) is 0 Å². The molecule has 2 N–H and O–H groups in total. The van der Waals surface area contributed by atoms with Gasteiger partial charge < -0.3 is 14.9 Å². The van der Waals surface area contributed by atoms with E-state index in [0.29, 0.717) is 16.9 Å². The zero-order valence-corrected chi connectivity index (χ0v) is 13.7. The first-order valence-corrected chi connectivity index (χ1v) is 7.56. The maximum absolute atomic E-state index is 11.9. The number of ketones is 2. The van der Waals surface area contributed by atoms with Crippen molar-refractivity contribution in [3.8, 4) is 17.2 Å². The Hall–Kier alpha value is -3.34. The Morgan fingerprint density at radius 2 is 1.64 bits per heavy atom. The van der Waals surface area contributed by atoms with Gasteiger partial charge in [-0.25, -0.2) is 0 Å². The van der Waals surface area contributed by atoms with Crippen LogP contribution in [-0.2, 0) is 9.59 Å². The SMILES string of the molecule is COc1cc(C=CC(=O)CC(=O)C=Cc2ccccc2O)ccc1O. The second-order valence-electron chi connectivity index (χ2n) is 5.27. The molecule has 0 spiro atoms. The van der Waals surface area contributed by atoms with Gasteiger partial charge >= 0.3 is 0 Å². The summed E-state index contributed by atoms with van der Waals surface area (Å²) >= 11 is 0. The largest absolute Gasteiger partial charge is 0.507 e. The molecule has 2 rings (SSSR count). The van der Waals surface area contributed by atoms with Crippen LogP contribution in [0, 0.1) is 0 Å². The summed E-state index contributed by atoms with van der Waals surface area (Å²) in [6, 6.07) is 11.3. The molecule has 25 heavy (non-hydrogen) atoms. The van der Waals surface area contributed by atoms with Gasteiger partial charge in [-0.1, -0.05) is 30.3 Å². The van der Waals surface area contributed by atoms with Crippen molar-refractivity contribution in [3.05, 3.63) is 65.7 Å². The molecule has 0 aliphatic carbocycles. The first-order chi connectivity index (χ1) is 12.0. The molecule has 0 radical (unpaired) electrons. The number of carbonyl (C=O) groups is 2. The van der Waals surface area contributed by atoms with Crippen LogP contribution in [0.1, 0.15) is 17.5 Å². The van der Waals surface area contributed by atoms with Crippen molar-refractivity contribution in [2.24, 2.45) is 0 Å². The number of allylic oxidation sites excluding steroid dienone is 2. The highest BCUT2D eigenvalue weighted by Crippen LogP contribution is 2.26. The molecule has 0 bridgehead atoms. The molecule has 5 heteroatoms. The molecule has 0 fully saturated rings. The molecule has 0 saturated heterocycles. The van der Waals surface area contributed by atoms with Gasteiger partial charge in [0, 0.05) is 5.56 Å². The van der Waals surface area contributed by atoms with Crippen LogP contribution in [0.5, 0.6) is 17.2 Å². The van der Waals surface area contributed by atoms with Gasteiger partial charge in [0.05, 0.1) is 13.5 Å². The maximum atomic E-state index is 11.9. The van der Waals surface area contributed by atoms with E-state index in [1.54, 1.807) is 36.4 Å². The summed E-state index contributed by atoms with van der Waals surface area (Å²) in [6.45, 7) is 0. The topological polar surface area (TPSA) is 83.8 Å². The molecule has 0 aliphatic rings. The lowest BCUT2D eigenvalue weighted by Crippen LogP contribution is -2.01. The molecule has 0 amide bonds. The lowest BCUT2D eigenvalue weighted by molar-refractivity contribution is -0.121. The lowest BCUT2D eigenvalue weighted by Gasteiger charge is -2.03. The van der Waals surface area contributed by atoms with Crippen molar-refractivity contribution in [2.45, 2.75) is 6.42 Å². The minimum atomic E-state index is -0.360. The zero-order chi connectivity index (χ0) is 18.2. The van der Waals surface area contributed by atoms with Crippen molar-refractivity contribution in [1.82, 2.24) is 0 Å². The normalized spacial score (nSPS) is 11.1. The van der Waals surface area contributed by atoms with Gasteiger partial charge in [-0.2, -0.15) is 0 Å². The third-order valence-corrected chi connectivity index (χ3v) is 3.40. The zero-order valence-electron chi connectivity index (χ0n) is 13.7. The van der Waals surface area contributed by atoms with Gasteiger partial charge in [0.1, 0.15) is 5.75 Å². The Balaban J connectivity index is 1.95. The van der Waals surface area contributed by atoms with Crippen LogP contribution in [0.3, 0.4) is 0 Å². The van der Waals surface area contributed by atoms with Gasteiger partial charge in [-0.05, 0) is 42.0 Å². The Labute approximate surface area is 145 Å². The van der Waals surface area contributed by atoms with Crippen LogP contribution in [0.2, 0.25) is 0 Å². The summed E-state index contributed by atoms with van der Waals surface area (Å²) in [4.78, 5) is 23.7. The van der Waals surface area contributed by atoms with Crippen molar-refractivity contribution in [2.75, 3.05) is 7.11 Å². The summed E-state index contributed by atoms with van der Waals surface area (Å²) in [7, 11) is 1.43. The molecule has 2 aromatic rings. The third-order valence-electron chi connectivity index (χ3n) is 3.40. The van der Waals surface area contributed by atoms with Crippen LogP contribution in [0.4, 0.5) is 0 Å². The molecule has 0 heterocycles. The number of phenols is 2. The van der Waals surface area contributed by atoms with Crippen molar-refractivity contribution in [1.29, 1.82) is 0 Å². The standard InChI is InChI=1S/C20H18O5/c1-25-20-12-14(7-11-19(20)24)6-9-16(21)13-17(22)10-8-15-4-2-3-5-18(15)23/h2-12,23-24H,13H2,1H3. The van der Waals surface area contributed by atoms with Gasteiger partial charge in [0.2, 0.25) is 0 Å². The van der Waals surface area contributed by atoms with E-state index in [1.807, 2.05) is 0 Å². The number of rotatable bonds is 7. The van der Waals surface area contributed by atoms with Crippen LogP contribution >= 0.6 is 0 Å². The summed E-state index contributed by atoms with van der Waals surface area (Å²) < 4.78 is 4.99. The number of methoxy groups -OCH3 is 1. The van der Waals surface area contributed by atoms with E-state index in [-0.39, 0.29) is 29.5 Å². The minimum Gasteiger partial charge on any atom is -0.507 e. The summed E-state index contributed by atoms with van der Waals surface area (Å²) in [5, 5.41) is 19.1. The Bertz CT molecular complexity index is 834. The Morgan fingerprint density at radius 3 is 2.32 bits per heavy atom. The predicted molar refractivity (Wildman–Crippen MR) is 95.5 cm³/mol. The van der Waals surface area contributed by atoms with E-state index < -0.39 is 0 Å². The highest BCUT2D eigenvalue weighted by Gasteiger charge is 2.05. The molecule has 5 nitrogen and oxygen atoms in total. The second-order valence-corrected chi connectivity index (χ2v) is 5.27. The van der Waals surface area contributed by atoms with E-state index >= 15 is 0 Å². The van der Waals surface area contributed by atoms with E-state index in [4.69, 9.17) is 4.74 Å². The molecule has 0 aliphatic heterocycles. The summed E-state index contributed by atoms with van der Waals surface area (Å²) in [5.74, 6) is -0.328. The smallest absolute Gasteiger partial charge is 0.163 e. The first kappa shape index (κ1) is 18.0. The molecular weight excluding hydrogens is 320 g/mol. The number of aromatic hydroxyl groups is 2. The third kappa shape index (κ3) is 5.35. The first-order valence-electron chi connectivity index (χ1n) is 7.56. The monoisotopic (exact) mass is 338 g/mol. The lowest BCUT2D eigenvalue weighted by atomic mass is 10.1. The fourth-order valence-corrected chi connectivity index (χ4v) is 2.09. The van der Waals surface area contributed by atoms with Crippen LogP contribution < -0.4 is 4.74 Å². The molecule has 2 aromatic carbocycles. The number of hydrogen-bond acceptors (Lipinski definition) is 5. The average Bonchev–Trinajstić information content (AvgIpc) is 2.60. The average molecular weight is 338 g/mol. The molecule has 0 aromatic heterocycles. The highest BCUT2D eigenvalue weighted by molar-refractivity contribution is 6.10. The number of ether oxygens (including phenoxy) is 1. The summed E-state index contributed by atoms with van der Waals surface area (Å²) in [5.41, 5.74) is 1.18. The fourth-order valence-electron chi connectivity index (χ4n) is 2.09. The maximum Gasteiger partial charge on any atom is 0.163 e. The number of benzene rings is 2. The van der Waals surface area contributed by atoms with E-state index in [0.717, 1.165) is 0 Å². The molecule has 0 unspecified atom stereocenters. The van der Waals surface area contributed by atoms with Gasteiger partial charge in [-0.3, -0.25) is 9.59 Å². The number of carbonyl (C=O) groups excluding carboxylic acids is 2. The summed E-state index contributed by atoms with van der Waals surface area (Å²) in [6.07, 6.45) is 5.32. The molecule has 128 valence electrons. The Kier molecular flexibility index (Phi) is 6.12. The van der Waals surface area contributed by atoms with Crippen LogP contribution in [0.25, 0.3) is 12.2 Å². The quantitative estimate of drug-likeness (QED) is 0.597. The number of hydrogen-bond donors (Lipinski definition) is 2. The molecular formula is C20H18O5. The van der Waals surface area contributed by atoms with Gasteiger partial charge in [0.25, 0.3) is 0 Å². The Morgan fingerprint density at radius 1 is 0.960 bits per heavy atom.